The molecule has 2 saturated carbocycles. The van der Waals surface area contributed by atoms with Gasteiger partial charge >= 0.3 is 0 Å². The largest absolute Gasteiger partial charge is 0.314 e. The van der Waals surface area contributed by atoms with Gasteiger partial charge in [-0.2, -0.15) is 0 Å². The van der Waals surface area contributed by atoms with E-state index >= 15 is 0 Å². The summed E-state index contributed by atoms with van der Waals surface area (Å²) in [6.45, 7) is 1.54. The van der Waals surface area contributed by atoms with Crippen LogP contribution in [0.2, 0.25) is 0 Å². The molecule has 4 heteroatoms. The lowest BCUT2D eigenvalue weighted by molar-refractivity contribution is -0.139. The third-order valence-corrected chi connectivity index (χ3v) is 4.50. The lowest BCUT2D eigenvalue weighted by Crippen LogP contribution is -2.33. The SMILES string of the molecule is O=C1C2CCCCC2C(=O)N1CCCNC1CC1. The molecule has 100 valence electrons. The van der Waals surface area contributed by atoms with E-state index in [1.165, 1.54) is 17.7 Å². The molecule has 2 unspecified atom stereocenters. The predicted molar refractivity (Wildman–Crippen MR) is 67.8 cm³/mol. The number of carbonyl (C=O) groups excluding carboxylic acids is 2. The van der Waals surface area contributed by atoms with Gasteiger partial charge in [0.15, 0.2) is 0 Å². The van der Waals surface area contributed by atoms with E-state index in [9.17, 15) is 9.59 Å². The summed E-state index contributed by atoms with van der Waals surface area (Å²) in [7, 11) is 0. The van der Waals surface area contributed by atoms with Crippen molar-refractivity contribution in [1.29, 1.82) is 0 Å². The average molecular weight is 250 g/mol. The number of rotatable bonds is 5. The van der Waals surface area contributed by atoms with Crippen LogP contribution in [0.4, 0.5) is 0 Å². The molecule has 18 heavy (non-hydrogen) atoms. The molecule has 1 aliphatic heterocycles. The molecular weight excluding hydrogens is 228 g/mol. The summed E-state index contributed by atoms with van der Waals surface area (Å²) in [5, 5.41) is 3.42. The molecule has 0 aromatic heterocycles. The van der Waals surface area contributed by atoms with E-state index in [1.807, 2.05) is 0 Å². The minimum Gasteiger partial charge on any atom is -0.314 e. The Morgan fingerprint density at radius 3 is 2.17 bits per heavy atom. The summed E-state index contributed by atoms with van der Waals surface area (Å²) in [5.74, 6) is 0.248. The van der Waals surface area contributed by atoms with E-state index in [0.717, 1.165) is 38.6 Å². The first-order chi connectivity index (χ1) is 8.77. The highest BCUT2D eigenvalue weighted by atomic mass is 16.2. The summed E-state index contributed by atoms with van der Waals surface area (Å²) >= 11 is 0. The number of hydrogen-bond acceptors (Lipinski definition) is 3. The second-order valence-corrected chi connectivity index (χ2v) is 5.91. The topological polar surface area (TPSA) is 49.4 Å². The van der Waals surface area contributed by atoms with Crippen molar-refractivity contribution in [3.05, 3.63) is 0 Å². The zero-order valence-electron chi connectivity index (χ0n) is 10.9. The Labute approximate surface area is 108 Å². The van der Waals surface area contributed by atoms with Crippen LogP contribution in [0.1, 0.15) is 44.9 Å². The molecule has 0 aromatic rings. The summed E-state index contributed by atoms with van der Waals surface area (Å²) in [4.78, 5) is 25.9. The maximum absolute atomic E-state index is 12.2. The van der Waals surface area contributed by atoms with Gasteiger partial charge in [0.1, 0.15) is 0 Å². The third kappa shape index (κ3) is 2.30. The molecular formula is C14H22N2O2. The van der Waals surface area contributed by atoms with Crippen LogP contribution in [0.25, 0.3) is 0 Å². The van der Waals surface area contributed by atoms with Crippen LogP contribution in [-0.2, 0) is 9.59 Å². The number of imide groups is 1. The van der Waals surface area contributed by atoms with Gasteiger partial charge < -0.3 is 5.32 Å². The molecule has 1 N–H and O–H groups in total. The molecule has 1 saturated heterocycles. The molecule has 2 atom stereocenters. The van der Waals surface area contributed by atoms with Gasteiger partial charge in [0, 0.05) is 12.6 Å². The molecule has 3 aliphatic rings. The predicted octanol–water partition coefficient (Wildman–Crippen LogP) is 1.30. The highest BCUT2D eigenvalue weighted by molar-refractivity contribution is 6.05. The Bertz CT molecular complexity index is 328. The molecule has 0 bridgehead atoms. The van der Waals surface area contributed by atoms with Gasteiger partial charge in [-0.25, -0.2) is 0 Å². The van der Waals surface area contributed by atoms with E-state index in [2.05, 4.69) is 5.32 Å². The minimum atomic E-state index is 0.0163. The fourth-order valence-corrected chi connectivity index (χ4v) is 3.28. The Morgan fingerprint density at radius 2 is 1.61 bits per heavy atom. The lowest BCUT2D eigenvalue weighted by atomic mass is 9.81. The molecule has 2 aliphatic carbocycles. The highest BCUT2D eigenvalue weighted by Gasteiger charge is 2.47. The van der Waals surface area contributed by atoms with Crippen LogP contribution < -0.4 is 5.32 Å². The van der Waals surface area contributed by atoms with Gasteiger partial charge in [-0.15, -0.1) is 0 Å². The van der Waals surface area contributed by atoms with E-state index < -0.39 is 0 Å². The normalized spacial score (nSPS) is 31.9. The highest BCUT2D eigenvalue weighted by Crippen LogP contribution is 2.37. The maximum atomic E-state index is 12.2. The number of hydrogen-bond donors (Lipinski definition) is 1. The summed E-state index contributed by atoms with van der Waals surface area (Å²) in [5.41, 5.74) is 0. The first-order valence-electron chi connectivity index (χ1n) is 7.36. The second kappa shape index (κ2) is 5.00. The smallest absolute Gasteiger partial charge is 0.233 e. The van der Waals surface area contributed by atoms with E-state index in [0.29, 0.717) is 12.6 Å². The minimum absolute atomic E-state index is 0.0163. The molecule has 2 amide bonds. The molecule has 0 radical (unpaired) electrons. The van der Waals surface area contributed by atoms with Crippen molar-refractivity contribution < 1.29 is 9.59 Å². The fourth-order valence-electron chi connectivity index (χ4n) is 3.28. The fraction of sp³-hybridized carbons (Fsp3) is 0.857. The van der Waals surface area contributed by atoms with Crippen LogP contribution in [0, 0.1) is 11.8 Å². The van der Waals surface area contributed by atoms with Crippen LogP contribution in [0.5, 0.6) is 0 Å². The number of nitrogens with one attached hydrogen (secondary N) is 1. The van der Waals surface area contributed by atoms with Crippen molar-refractivity contribution in [2.24, 2.45) is 11.8 Å². The maximum Gasteiger partial charge on any atom is 0.233 e. The second-order valence-electron chi connectivity index (χ2n) is 5.91. The summed E-state index contributed by atoms with van der Waals surface area (Å²) in [6.07, 6.45) is 7.53. The molecule has 3 fully saturated rings. The van der Waals surface area contributed by atoms with Crippen LogP contribution in [0.15, 0.2) is 0 Å². The quantitative estimate of drug-likeness (QED) is 0.591. The first-order valence-corrected chi connectivity index (χ1v) is 7.36. The molecule has 3 rings (SSSR count). The van der Waals surface area contributed by atoms with Gasteiger partial charge in [0.25, 0.3) is 0 Å². The van der Waals surface area contributed by atoms with Crippen molar-refractivity contribution in [1.82, 2.24) is 10.2 Å². The van der Waals surface area contributed by atoms with Gasteiger partial charge in [-0.1, -0.05) is 12.8 Å². The molecule has 1 heterocycles. The van der Waals surface area contributed by atoms with E-state index in [1.54, 1.807) is 0 Å². The standard InChI is InChI=1S/C14H22N2O2/c17-13-11-4-1-2-5-12(11)14(18)16(13)9-3-8-15-10-6-7-10/h10-12,15H,1-9H2. The van der Waals surface area contributed by atoms with Crippen molar-refractivity contribution in [3.63, 3.8) is 0 Å². The Hall–Kier alpha value is -0.900. The number of amides is 2. The zero-order valence-corrected chi connectivity index (χ0v) is 10.9. The van der Waals surface area contributed by atoms with Gasteiger partial charge in [0.05, 0.1) is 11.8 Å². The lowest BCUT2D eigenvalue weighted by Gasteiger charge is -2.19. The van der Waals surface area contributed by atoms with E-state index in [4.69, 9.17) is 0 Å². The zero-order chi connectivity index (χ0) is 12.5. The van der Waals surface area contributed by atoms with Crippen molar-refractivity contribution in [2.75, 3.05) is 13.1 Å². The van der Waals surface area contributed by atoms with Crippen LogP contribution >= 0.6 is 0 Å². The number of carbonyl (C=O) groups is 2. The van der Waals surface area contributed by atoms with Crippen LogP contribution in [-0.4, -0.2) is 35.8 Å². The van der Waals surface area contributed by atoms with Crippen LogP contribution in [0.3, 0.4) is 0 Å². The first kappa shape index (κ1) is 12.2. The average Bonchev–Trinajstić information content (AvgIpc) is 3.18. The molecule has 0 aromatic carbocycles. The van der Waals surface area contributed by atoms with Gasteiger partial charge in [-0.3, -0.25) is 14.5 Å². The van der Waals surface area contributed by atoms with Gasteiger partial charge in [-0.05, 0) is 38.6 Å². The Kier molecular flexibility index (Phi) is 3.37. The van der Waals surface area contributed by atoms with Crippen molar-refractivity contribution >= 4 is 11.8 Å². The summed E-state index contributed by atoms with van der Waals surface area (Å²) < 4.78 is 0. The van der Waals surface area contributed by atoms with Crippen molar-refractivity contribution in [2.45, 2.75) is 51.0 Å². The number of likely N-dealkylation sites (tertiary alicyclic amines) is 1. The van der Waals surface area contributed by atoms with E-state index in [-0.39, 0.29) is 23.7 Å². The molecule has 0 spiro atoms. The number of fused-ring (bicyclic) bond motifs is 1. The number of nitrogens with zero attached hydrogens (tertiary/aromatic N) is 1. The Morgan fingerprint density at radius 1 is 1.00 bits per heavy atom. The summed E-state index contributed by atoms with van der Waals surface area (Å²) in [6, 6.07) is 0.706. The Balaban J connectivity index is 1.51. The van der Waals surface area contributed by atoms with Gasteiger partial charge in [0.2, 0.25) is 11.8 Å². The monoisotopic (exact) mass is 250 g/mol. The van der Waals surface area contributed by atoms with Crippen molar-refractivity contribution in [3.8, 4) is 0 Å². The molecule has 4 nitrogen and oxygen atoms in total. The third-order valence-electron chi connectivity index (χ3n) is 4.50.